The quantitative estimate of drug-likeness (QED) is 0.658. The molecular weight excluding hydrogens is 394 g/mol. The van der Waals surface area contributed by atoms with Crippen molar-refractivity contribution in [3.05, 3.63) is 22.1 Å². The highest BCUT2D eigenvalue weighted by Gasteiger charge is 2.20. The SMILES string of the molecule is CCN1CCN(CCNC(=O)c2cnc3sc(N4CCOCC4)nn3c2=O)CC1. The molecule has 0 unspecified atom stereocenters. The molecule has 0 bridgehead atoms. The average molecular weight is 422 g/mol. The Balaban J connectivity index is 1.37. The highest BCUT2D eigenvalue weighted by molar-refractivity contribution is 7.20. The second kappa shape index (κ2) is 9.16. The van der Waals surface area contributed by atoms with Crippen LogP contribution in [0.5, 0.6) is 0 Å². The molecule has 158 valence electrons. The van der Waals surface area contributed by atoms with Gasteiger partial charge < -0.3 is 19.9 Å². The second-order valence-electron chi connectivity index (χ2n) is 7.19. The van der Waals surface area contributed by atoms with Gasteiger partial charge in [0.1, 0.15) is 5.56 Å². The number of nitrogens with zero attached hydrogens (tertiary/aromatic N) is 6. The summed E-state index contributed by atoms with van der Waals surface area (Å²) in [5.74, 6) is -0.398. The smallest absolute Gasteiger partial charge is 0.288 e. The van der Waals surface area contributed by atoms with Gasteiger partial charge in [-0.3, -0.25) is 14.5 Å². The van der Waals surface area contributed by atoms with Crippen molar-refractivity contribution < 1.29 is 9.53 Å². The first-order valence-corrected chi connectivity index (χ1v) is 10.9. The van der Waals surface area contributed by atoms with Gasteiger partial charge in [-0.25, -0.2) is 4.98 Å². The van der Waals surface area contributed by atoms with Gasteiger partial charge in [0, 0.05) is 58.6 Å². The lowest BCUT2D eigenvalue weighted by atomic mass is 10.3. The first-order valence-electron chi connectivity index (χ1n) is 10.1. The summed E-state index contributed by atoms with van der Waals surface area (Å²) >= 11 is 1.35. The molecule has 0 saturated carbocycles. The van der Waals surface area contributed by atoms with E-state index < -0.39 is 11.5 Å². The van der Waals surface area contributed by atoms with Crippen molar-refractivity contribution in [2.24, 2.45) is 0 Å². The summed E-state index contributed by atoms with van der Waals surface area (Å²) in [6.45, 7) is 11.4. The maximum Gasteiger partial charge on any atom is 0.288 e. The van der Waals surface area contributed by atoms with Crippen molar-refractivity contribution in [2.75, 3.05) is 77.0 Å². The molecule has 0 atom stereocenters. The number of ether oxygens (including phenoxy) is 1. The van der Waals surface area contributed by atoms with Crippen molar-refractivity contribution in [3.63, 3.8) is 0 Å². The van der Waals surface area contributed by atoms with E-state index in [0.717, 1.165) is 57.5 Å². The minimum atomic E-state index is -0.431. The van der Waals surface area contributed by atoms with E-state index in [2.05, 4.69) is 37.0 Å². The van der Waals surface area contributed by atoms with Crippen molar-refractivity contribution in [3.8, 4) is 0 Å². The molecule has 10 nitrogen and oxygen atoms in total. The number of anilines is 1. The molecule has 0 radical (unpaired) electrons. The largest absolute Gasteiger partial charge is 0.378 e. The van der Waals surface area contributed by atoms with Crippen LogP contribution in [0.1, 0.15) is 17.3 Å². The number of hydrogen-bond donors (Lipinski definition) is 1. The third-order valence-corrected chi connectivity index (χ3v) is 6.41. The van der Waals surface area contributed by atoms with Crippen LogP contribution in [0.15, 0.2) is 11.0 Å². The molecule has 1 amide bonds. The summed E-state index contributed by atoms with van der Waals surface area (Å²) < 4.78 is 6.58. The summed E-state index contributed by atoms with van der Waals surface area (Å²) in [6, 6.07) is 0. The number of likely N-dealkylation sites (N-methyl/N-ethyl adjacent to an activating group) is 1. The van der Waals surface area contributed by atoms with E-state index in [9.17, 15) is 9.59 Å². The Hall–Kier alpha value is -2.08. The molecular formula is C18H27N7O3S. The molecule has 11 heteroatoms. The molecule has 2 aliphatic rings. The molecule has 4 rings (SSSR count). The Bertz CT molecular complexity index is 900. The van der Waals surface area contributed by atoms with Gasteiger partial charge in [-0.15, -0.1) is 5.10 Å². The van der Waals surface area contributed by atoms with Crippen molar-refractivity contribution >= 4 is 27.3 Å². The van der Waals surface area contributed by atoms with E-state index in [0.29, 0.717) is 24.7 Å². The molecule has 2 aliphatic heterocycles. The summed E-state index contributed by atoms with van der Waals surface area (Å²) in [4.78, 5) is 36.8. The zero-order valence-corrected chi connectivity index (χ0v) is 17.5. The van der Waals surface area contributed by atoms with Gasteiger partial charge in [0.2, 0.25) is 10.1 Å². The van der Waals surface area contributed by atoms with Gasteiger partial charge >= 0.3 is 0 Å². The van der Waals surface area contributed by atoms with Crippen LogP contribution < -0.4 is 15.8 Å². The predicted molar refractivity (Wildman–Crippen MR) is 111 cm³/mol. The van der Waals surface area contributed by atoms with Crippen LogP contribution in [-0.4, -0.2) is 102 Å². The van der Waals surface area contributed by atoms with Gasteiger partial charge in [0.15, 0.2) is 0 Å². The van der Waals surface area contributed by atoms with Gasteiger partial charge in [-0.1, -0.05) is 18.3 Å². The maximum atomic E-state index is 12.7. The molecule has 0 spiro atoms. The van der Waals surface area contributed by atoms with E-state index in [1.54, 1.807) is 0 Å². The lowest BCUT2D eigenvalue weighted by Crippen LogP contribution is -2.48. The van der Waals surface area contributed by atoms with E-state index in [1.807, 2.05) is 0 Å². The van der Waals surface area contributed by atoms with Crippen LogP contribution >= 0.6 is 11.3 Å². The standard InChI is InChI=1S/C18H27N7O3S/c1-2-22-5-7-23(8-6-22)4-3-19-15(26)14-13-20-17-25(16(14)27)21-18(29-17)24-9-11-28-12-10-24/h13H,2-12H2,1H3,(H,19,26). The Morgan fingerprint density at radius 1 is 1.17 bits per heavy atom. The van der Waals surface area contributed by atoms with Crippen molar-refractivity contribution in [1.29, 1.82) is 0 Å². The second-order valence-corrected chi connectivity index (χ2v) is 8.12. The number of nitrogens with one attached hydrogen (secondary N) is 1. The Morgan fingerprint density at radius 3 is 2.62 bits per heavy atom. The van der Waals surface area contributed by atoms with Gasteiger partial charge in [0.25, 0.3) is 11.5 Å². The van der Waals surface area contributed by atoms with Crippen LogP contribution in [0, 0.1) is 0 Å². The monoisotopic (exact) mass is 421 g/mol. The summed E-state index contributed by atoms with van der Waals surface area (Å²) in [5, 5.41) is 7.96. The van der Waals surface area contributed by atoms with E-state index >= 15 is 0 Å². The Kier molecular flexibility index (Phi) is 6.38. The zero-order chi connectivity index (χ0) is 20.2. The minimum Gasteiger partial charge on any atom is -0.378 e. The lowest BCUT2D eigenvalue weighted by molar-refractivity contribution is 0.0935. The molecule has 4 heterocycles. The van der Waals surface area contributed by atoms with Crippen LogP contribution in [0.25, 0.3) is 4.96 Å². The fraction of sp³-hybridized carbons (Fsp3) is 0.667. The number of carbonyl (C=O) groups excluding carboxylic acids is 1. The third kappa shape index (κ3) is 4.58. The highest BCUT2D eigenvalue weighted by atomic mass is 32.1. The first kappa shape index (κ1) is 20.2. The number of rotatable bonds is 6. The molecule has 2 aromatic rings. The van der Waals surface area contributed by atoms with Crippen molar-refractivity contribution in [1.82, 2.24) is 29.7 Å². The highest BCUT2D eigenvalue weighted by Crippen LogP contribution is 2.21. The number of aromatic nitrogens is 3. The summed E-state index contributed by atoms with van der Waals surface area (Å²) in [7, 11) is 0. The molecule has 0 aromatic carbocycles. The molecule has 29 heavy (non-hydrogen) atoms. The van der Waals surface area contributed by atoms with E-state index in [4.69, 9.17) is 4.74 Å². The number of carbonyl (C=O) groups is 1. The van der Waals surface area contributed by atoms with Crippen LogP contribution in [0.3, 0.4) is 0 Å². The zero-order valence-electron chi connectivity index (χ0n) is 16.7. The number of morpholine rings is 1. The van der Waals surface area contributed by atoms with Crippen LogP contribution in [0.2, 0.25) is 0 Å². The van der Waals surface area contributed by atoms with Crippen LogP contribution in [0.4, 0.5) is 5.13 Å². The molecule has 2 fully saturated rings. The fourth-order valence-corrected chi connectivity index (χ4v) is 4.48. The molecule has 0 aliphatic carbocycles. The lowest BCUT2D eigenvalue weighted by Gasteiger charge is -2.33. The first-order chi connectivity index (χ1) is 14.2. The number of amides is 1. The topological polar surface area (TPSA) is 95.3 Å². The molecule has 2 saturated heterocycles. The molecule has 1 N–H and O–H groups in total. The van der Waals surface area contributed by atoms with Gasteiger partial charge in [-0.05, 0) is 6.54 Å². The van der Waals surface area contributed by atoms with Crippen molar-refractivity contribution in [2.45, 2.75) is 6.92 Å². The normalized spacial score (nSPS) is 19.0. The number of hydrogen-bond acceptors (Lipinski definition) is 9. The Morgan fingerprint density at radius 2 is 1.90 bits per heavy atom. The number of piperazine rings is 1. The fourth-order valence-electron chi connectivity index (χ4n) is 3.57. The van der Waals surface area contributed by atoms with E-state index in [1.165, 1.54) is 22.0 Å². The predicted octanol–water partition coefficient (Wildman–Crippen LogP) is -0.645. The van der Waals surface area contributed by atoms with Crippen LogP contribution in [-0.2, 0) is 4.74 Å². The maximum absolute atomic E-state index is 12.7. The number of fused-ring (bicyclic) bond motifs is 1. The summed E-state index contributed by atoms with van der Waals surface area (Å²) in [6.07, 6.45) is 1.36. The third-order valence-electron chi connectivity index (χ3n) is 5.43. The average Bonchev–Trinajstić information content (AvgIpc) is 3.20. The van der Waals surface area contributed by atoms with E-state index in [-0.39, 0.29) is 5.56 Å². The Labute approximate surface area is 173 Å². The van der Waals surface area contributed by atoms with Gasteiger partial charge in [-0.2, -0.15) is 4.52 Å². The summed E-state index contributed by atoms with van der Waals surface area (Å²) in [5.41, 5.74) is -0.406. The molecule has 2 aromatic heterocycles. The minimum absolute atomic E-state index is 0.0251. The van der Waals surface area contributed by atoms with Gasteiger partial charge in [0.05, 0.1) is 13.2 Å².